The van der Waals surface area contributed by atoms with Crippen molar-refractivity contribution in [2.75, 3.05) is 14.2 Å². The van der Waals surface area contributed by atoms with Crippen LogP contribution in [0, 0.1) is 0 Å². The summed E-state index contributed by atoms with van der Waals surface area (Å²) in [5, 5.41) is 10.0. The third-order valence-electron chi connectivity index (χ3n) is 4.93. The quantitative estimate of drug-likeness (QED) is 0.568. The van der Waals surface area contributed by atoms with Crippen molar-refractivity contribution in [2.45, 2.75) is 38.6 Å². The Hall–Kier alpha value is -3.29. The highest BCUT2D eigenvalue weighted by Crippen LogP contribution is 2.30. The summed E-state index contributed by atoms with van der Waals surface area (Å²) in [5.41, 5.74) is 2.81. The largest absolute Gasteiger partial charge is 0.497 e. The zero-order valence-electron chi connectivity index (χ0n) is 17.1. The van der Waals surface area contributed by atoms with E-state index in [2.05, 4.69) is 15.3 Å². The van der Waals surface area contributed by atoms with Crippen LogP contribution in [-0.4, -0.2) is 40.2 Å². The third-order valence-corrected chi connectivity index (χ3v) is 4.93. The number of H-pyrrole nitrogens is 2. The number of esters is 1. The summed E-state index contributed by atoms with van der Waals surface area (Å²) in [6.45, 7) is 4.01. The molecule has 0 bridgehead atoms. The number of carbonyl (C=O) groups excluding carboxylic acids is 1. The second-order valence-electron chi connectivity index (χ2n) is 7.12. The van der Waals surface area contributed by atoms with Gasteiger partial charge in [0, 0.05) is 41.5 Å². The minimum atomic E-state index is -0.476. The van der Waals surface area contributed by atoms with E-state index in [1.54, 1.807) is 13.3 Å². The topological polar surface area (TPSA) is 102 Å². The fraction of sp³-hybridized carbons (Fsp3) is 0.381. The van der Waals surface area contributed by atoms with Crippen LogP contribution >= 0.6 is 0 Å². The van der Waals surface area contributed by atoms with Gasteiger partial charge in [-0.2, -0.15) is 5.10 Å². The van der Waals surface area contributed by atoms with Gasteiger partial charge in [0.15, 0.2) is 0 Å². The van der Waals surface area contributed by atoms with Gasteiger partial charge >= 0.3 is 5.97 Å². The first kappa shape index (κ1) is 20.4. The third kappa shape index (κ3) is 4.42. The molecule has 0 aliphatic heterocycles. The van der Waals surface area contributed by atoms with Gasteiger partial charge in [0.2, 0.25) is 0 Å². The van der Waals surface area contributed by atoms with Crippen LogP contribution in [0.15, 0.2) is 41.3 Å². The van der Waals surface area contributed by atoms with Crippen molar-refractivity contribution in [2.24, 2.45) is 0 Å². The molecule has 8 nitrogen and oxygen atoms in total. The lowest BCUT2D eigenvalue weighted by Gasteiger charge is -2.19. The number of ether oxygens (including phenoxy) is 2. The van der Waals surface area contributed by atoms with Gasteiger partial charge in [0.05, 0.1) is 20.6 Å². The molecule has 0 unspecified atom stereocenters. The summed E-state index contributed by atoms with van der Waals surface area (Å²) in [4.78, 5) is 24.9. The van der Waals surface area contributed by atoms with Crippen molar-refractivity contribution in [3.8, 4) is 5.75 Å². The zero-order chi connectivity index (χ0) is 21.0. The summed E-state index contributed by atoms with van der Waals surface area (Å²) < 4.78 is 11.9. The number of aromatic amines is 2. The van der Waals surface area contributed by atoms with E-state index in [1.807, 2.05) is 48.9 Å². The molecule has 0 saturated carbocycles. The molecule has 0 radical (unpaired) electrons. The zero-order valence-corrected chi connectivity index (χ0v) is 17.1. The first-order chi connectivity index (χ1) is 13.9. The first-order valence-corrected chi connectivity index (χ1v) is 9.47. The lowest BCUT2D eigenvalue weighted by atomic mass is 9.90. The average molecular weight is 398 g/mol. The van der Waals surface area contributed by atoms with Crippen molar-refractivity contribution in [1.29, 1.82) is 0 Å². The van der Waals surface area contributed by atoms with E-state index in [0.29, 0.717) is 12.0 Å². The molecule has 0 fully saturated rings. The molecule has 0 spiro atoms. The van der Waals surface area contributed by atoms with E-state index < -0.39 is 5.92 Å². The Balaban J connectivity index is 2.03. The lowest BCUT2D eigenvalue weighted by molar-refractivity contribution is -0.140. The van der Waals surface area contributed by atoms with E-state index in [0.717, 1.165) is 22.7 Å². The van der Waals surface area contributed by atoms with Gasteiger partial charge in [0.25, 0.3) is 5.56 Å². The van der Waals surface area contributed by atoms with Crippen molar-refractivity contribution in [1.82, 2.24) is 20.0 Å². The maximum atomic E-state index is 12.7. The van der Waals surface area contributed by atoms with Crippen LogP contribution in [0.5, 0.6) is 5.75 Å². The molecule has 8 heteroatoms. The molecular formula is C21H26N4O4. The molecule has 1 atom stereocenters. The number of rotatable bonds is 8. The van der Waals surface area contributed by atoms with Crippen LogP contribution in [0.2, 0.25) is 0 Å². The highest BCUT2D eigenvalue weighted by Gasteiger charge is 2.29. The summed E-state index contributed by atoms with van der Waals surface area (Å²) >= 11 is 0. The molecule has 154 valence electrons. The van der Waals surface area contributed by atoms with E-state index >= 15 is 0 Å². The number of hydrogen-bond donors (Lipinski definition) is 2. The summed E-state index contributed by atoms with van der Waals surface area (Å²) in [6, 6.07) is 9.57. The monoisotopic (exact) mass is 398 g/mol. The lowest BCUT2D eigenvalue weighted by Crippen LogP contribution is -2.21. The number of nitrogens with one attached hydrogen (secondary N) is 2. The Labute approximate surface area is 168 Å². The van der Waals surface area contributed by atoms with E-state index in [1.165, 1.54) is 7.11 Å². The second kappa shape index (κ2) is 8.81. The number of nitrogens with zero attached hydrogens (tertiary/aromatic N) is 2. The summed E-state index contributed by atoms with van der Waals surface area (Å²) in [5.74, 6) is -0.0981. The Bertz CT molecular complexity index is 1010. The molecule has 0 amide bonds. The molecular weight excluding hydrogens is 372 g/mol. The second-order valence-corrected chi connectivity index (χ2v) is 7.12. The molecule has 29 heavy (non-hydrogen) atoms. The molecule has 1 aromatic carbocycles. The normalized spacial score (nSPS) is 12.2. The van der Waals surface area contributed by atoms with Crippen LogP contribution in [0.4, 0.5) is 0 Å². The van der Waals surface area contributed by atoms with Crippen LogP contribution in [0.1, 0.15) is 54.7 Å². The Morgan fingerprint density at radius 2 is 1.86 bits per heavy atom. The maximum absolute atomic E-state index is 12.7. The van der Waals surface area contributed by atoms with Gasteiger partial charge in [-0.05, 0) is 37.6 Å². The first-order valence-electron chi connectivity index (χ1n) is 9.47. The van der Waals surface area contributed by atoms with Gasteiger partial charge in [-0.25, -0.2) is 0 Å². The molecule has 0 saturated heterocycles. The standard InChI is InChI=1S/C21H26N4O4/c1-13(2)25-18(9-10-22-25)16(12-19(26)29-4)20-17(23-24-21(20)27)11-14-5-7-15(28-3)8-6-14/h5-10,13,16H,11-12H2,1-4H3,(H2,23,24,27)/t16-/m1/s1. The number of carbonyl (C=O) groups is 1. The number of methoxy groups -OCH3 is 2. The van der Waals surface area contributed by atoms with Crippen molar-refractivity contribution in [3.05, 3.63) is 69.4 Å². The minimum absolute atomic E-state index is 0.0471. The molecule has 0 aliphatic rings. The highest BCUT2D eigenvalue weighted by molar-refractivity contribution is 5.71. The van der Waals surface area contributed by atoms with Crippen molar-refractivity contribution >= 4 is 5.97 Å². The van der Waals surface area contributed by atoms with E-state index in [-0.39, 0.29) is 24.0 Å². The van der Waals surface area contributed by atoms with Gasteiger partial charge < -0.3 is 14.6 Å². The molecule has 2 heterocycles. The number of aromatic nitrogens is 4. The Morgan fingerprint density at radius 3 is 2.48 bits per heavy atom. The maximum Gasteiger partial charge on any atom is 0.306 e. The SMILES string of the molecule is COC(=O)C[C@@H](c1c(Cc2ccc(OC)cc2)[nH][nH]c1=O)c1ccnn1C(C)C. The summed E-state index contributed by atoms with van der Waals surface area (Å²) in [7, 11) is 2.96. The minimum Gasteiger partial charge on any atom is -0.497 e. The van der Waals surface area contributed by atoms with Gasteiger partial charge in [-0.1, -0.05) is 12.1 Å². The van der Waals surface area contributed by atoms with E-state index in [9.17, 15) is 9.59 Å². The number of benzene rings is 1. The Morgan fingerprint density at radius 1 is 1.14 bits per heavy atom. The van der Waals surface area contributed by atoms with Gasteiger partial charge in [-0.3, -0.25) is 19.4 Å². The fourth-order valence-electron chi connectivity index (χ4n) is 3.50. The highest BCUT2D eigenvalue weighted by atomic mass is 16.5. The molecule has 0 aliphatic carbocycles. The van der Waals surface area contributed by atoms with Crippen LogP contribution in [0.25, 0.3) is 0 Å². The van der Waals surface area contributed by atoms with Crippen LogP contribution in [0.3, 0.4) is 0 Å². The van der Waals surface area contributed by atoms with Gasteiger partial charge in [0.1, 0.15) is 5.75 Å². The smallest absolute Gasteiger partial charge is 0.306 e. The van der Waals surface area contributed by atoms with Crippen LogP contribution < -0.4 is 10.3 Å². The molecule has 2 N–H and O–H groups in total. The number of hydrogen-bond acceptors (Lipinski definition) is 5. The molecule has 3 rings (SSSR count). The molecule has 3 aromatic rings. The van der Waals surface area contributed by atoms with Crippen molar-refractivity contribution < 1.29 is 14.3 Å². The van der Waals surface area contributed by atoms with Gasteiger partial charge in [-0.15, -0.1) is 0 Å². The molecule has 2 aromatic heterocycles. The predicted molar refractivity (Wildman–Crippen MR) is 108 cm³/mol. The summed E-state index contributed by atoms with van der Waals surface area (Å²) in [6.07, 6.45) is 2.24. The fourth-order valence-corrected chi connectivity index (χ4v) is 3.50. The predicted octanol–water partition coefficient (Wildman–Crippen LogP) is 2.77. The Kier molecular flexibility index (Phi) is 6.21. The van der Waals surface area contributed by atoms with E-state index in [4.69, 9.17) is 9.47 Å². The average Bonchev–Trinajstić information content (AvgIpc) is 3.34. The van der Waals surface area contributed by atoms with Crippen LogP contribution in [-0.2, 0) is 16.0 Å². The van der Waals surface area contributed by atoms with Crippen molar-refractivity contribution in [3.63, 3.8) is 0 Å².